The SMILES string of the molecule is CNC(=O)Cn1c(C(C)Cl)nc2ccccc2c1=O. The van der Waals surface area contributed by atoms with E-state index in [0.717, 1.165) is 0 Å². The van der Waals surface area contributed by atoms with Crippen molar-refractivity contribution in [1.82, 2.24) is 14.9 Å². The fourth-order valence-electron chi connectivity index (χ4n) is 1.86. The van der Waals surface area contributed by atoms with Gasteiger partial charge in [-0.25, -0.2) is 4.98 Å². The molecule has 5 nitrogen and oxygen atoms in total. The van der Waals surface area contributed by atoms with Crippen molar-refractivity contribution in [3.8, 4) is 0 Å². The first-order chi connectivity index (χ1) is 9.04. The molecule has 0 radical (unpaired) electrons. The zero-order chi connectivity index (χ0) is 14.0. The molecule has 0 bridgehead atoms. The van der Waals surface area contributed by atoms with Gasteiger partial charge in [0.05, 0.1) is 16.3 Å². The molecule has 2 rings (SSSR count). The number of amides is 1. The van der Waals surface area contributed by atoms with Crippen LogP contribution in [0.1, 0.15) is 18.1 Å². The van der Waals surface area contributed by atoms with E-state index < -0.39 is 5.38 Å². The predicted octanol–water partition coefficient (Wildman–Crippen LogP) is 1.44. The summed E-state index contributed by atoms with van der Waals surface area (Å²) in [5.74, 6) is 0.131. The van der Waals surface area contributed by atoms with E-state index in [1.165, 1.54) is 11.6 Å². The van der Waals surface area contributed by atoms with Gasteiger partial charge in [-0.1, -0.05) is 12.1 Å². The van der Waals surface area contributed by atoms with Crippen molar-refractivity contribution < 1.29 is 4.79 Å². The first-order valence-electron chi connectivity index (χ1n) is 5.88. The highest BCUT2D eigenvalue weighted by molar-refractivity contribution is 6.20. The van der Waals surface area contributed by atoms with Crippen LogP contribution in [0.3, 0.4) is 0 Å². The normalized spacial score (nSPS) is 12.4. The number of carbonyl (C=O) groups excluding carboxylic acids is 1. The number of alkyl halides is 1. The lowest BCUT2D eigenvalue weighted by atomic mass is 10.2. The van der Waals surface area contributed by atoms with E-state index in [2.05, 4.69) is 10.3 Å². The van der Waals surface area contributed by atoms with Gasteiger partial charge in [0.2, 0.25) is 5.91 Å². The fourth-order valence-corrected chi connectivity index (χ4v) is 2.03. The number of aromatic nitrogens is 2. The van der Waals surface area contributed by atoms with E-state index in [0.29, 0.717) is 16.7 Å². The molecule has 1 atom stereocenters. The second-order valence-corrected chi connectivity index (χ2v) is 4.82. The quantitative estimate of drug-likeness (QED) is 0.865. The van der Waals surface area contributed by atoms with Crippen LogP contribution in [0.4, 0.5) is 0 Å². The highest BCUT2D eigenvalue weighted by atomic mass is 35.5. The second kappa shape index (κ2) is 5.40. The standard InChI is InChI=1S/C13H14ClN3O2/c1-8(14)12-16-10-6-4-3-5-9(10)13(19)17(12)7-11(18)15-2/h3-6,8H,7H2,1-2H3,(H,15,18). The van der Waals surface area contributed by atoms with Gasteiger partial charge in [-0.05, 0) is 19.1 Å². The average molecular weight is 280 g/mol. The molecule has 0 fully saturated rings. The molecule has 0 aliphatic rings. The molecule has 1 N–H and O–H groups in total. The number of hydrogen-bond acceptors (Lipinski definition) is 3. The molecule has 1 aromatic carbocycles. The Morgan fingerprint density at radius 1 is 1.47 bits per heavy atom. The van der Waals surface area contributed by atoms with Gasteiger partial charge in [-0.3, -0.25) is 14.2 Å². The van der Waals surface area contributed by atoms with Crippen LogP contribution in [0.25, 0.3) is 10.9 Å². The molecule has 1 amide bonds. The first kappa shape index (κ1) is 13.5. The predicted molar refractivity (Wildman–Crippen MR) is 74.3 cm³/mol. The average Bonchev–Trinajstić information content (AvgIpc) is 2.41. The highest BCUT2D eigenvalue weighted by Gasteiger charge is 2.16. The number of likely N-dealkylation sites (N-methyl/N-ethyl adjacent to an activating group) is 1. The lowest BCUT2D eigenvalue weighted by Crippen LogP contribution is -2.33. The number of para-hydroxylation sites is 1. The molecular formula is C13H14ClN3O2. The minimum atomic E-state index is -0.457. The Labute approximate surface area is 115 Å². The first-order valence-corrected chi connectivity index (χ1v) is 6.32. The van der Waals surface area contributed by atoms with Crippen LogP contribution in [0.2, 0.25) is 0 Å². The molecule has 1 unspecified atom stereocenters. The van der Waals surface area contributed by atoms with E-state index in [1.54, 1.807) is 31.2 Å². The van der Waals surface area contributed by atoms with Crippen LogP contribution in [0, 0.1) is 0 Å². The molecule has 0 saturated heterocycles. The third-order valence-electron chi connectivity index (χ3n) is 2.83. The van der Waals surface area contributed by atoms with E-state index in [4.69, 9.17) is 11.6 Å². The number of hydrogen-bond donors (Lipinski definition) is 1. The van der Waals surface area contributed by atoms with E-state index in [9.17, 15) is 9.59 Å². The number of benzene rings is 1. The molecule has 100 valence electrons. The van der Waals surface area contributed by atoms with Crippen molar-refractivity contribution in [3.05, 3.63) is 40.4 Å². The minimum Gasteiger partial charge on any atom is -0.358 e. The van der Waals surface area contributed by atoms with E-state index in [-0.39, 0.29) is 18.0 Å². The fraction of sp³-hybridized carbons (Fsp3) is 0.308. The molecule has 2 aromatic rings. The van der Waals surface area contributed by atoms with Crippen molar-refractivity contribution in [2.45, 2.75) is 18.8 Å². The van der Waals surface area contributed by atoms with Crippen molar-refractivity contribution in [2.24, 2.45) is 0 Å². The van der Waals surface area contributed by atoms with E-state index >= 15 is 0 Å². The summed E-state index contributed by atoms with van der Waals surface area (Å²) < 4.78 is 1.32. The molecule has 19 heavy (non-hydrogen) atoms. The maximum atomic E-state index is 12.4. The number of carbonyl (C=O) groups is 1. The van der Waals surface area contributed by atoms with Crippen LogP contribution >= 0.6 is 11.6 Å². The smallest absolute Gasteiger partial charge is 0.261 e. The summed E-state index contributed by atoms with van der Waals surface area (Å²) in [5.41, 5.74) is 0.333. The number of fused-ring (bicyclic) bond motifs is 1. The van der Waals surface area contributed by atoms with Crippen molar-refractivity contribution in [2.75, 3.05) is 7.05 Å². The molecule has 0 aliphatic heterocycles. The molecule has 0 spiro atoms. The number of nitrogens with zero attached hydrogens (tertiary/aromatic N) is 2. The summed E-state index contributed by atoms with van der Waals surface area (Å²) in [6, 6.07) is 7.01. The number of halogens is 1. The molecule has 1 heterocycles. The zero-order valence-corrected chi connectivity index (χ0v) is 11.4. The summed E-state index contributed by atoms with van der Waals surface area (Å²) in [6.07, 6.45) is 0. The van der Waals surface area contributed by atoms with Crippen LogP contribution in [-0.4, -0.2) is 22.5 Å². The number of nitrogens with one attached hydrogen (secondary N) is 1. The van der Waals surface area contributed by atoms with Gasteiger partial charge < -0.3 is 5.32 Å². The monoisotopic (exact) mass is 279 g/mol. The Kier molecular flexibility index (Phi) is 3.85. The third kappa shape index (κ3) is 2.61. The van der Waals surface area contributed by atoms with Crippen molar-refractivity contribution in [1.29, 1.82) is 0 Å². The maximum absolute atomic E-state index is 12.4. The largest absolute Gasteiger partial charge is 0.358 e. The van der Waals surface area contributed by atoms with Gasteiger partial charge in [0.15, 0.2) is 0 Å². The van der Waals surface area contributed by atoms with Crippen LogP contribution in [-0.2, 0) is 11.3 Å². The van der Waals surface area contributed by atoms with Gasteiger partial charge in [0.1, 0.15) is 12.4 Å². The summed E-state index contributed by atoms with van der Waals surface area (Å²) in [4.78, 5) is 28.3. The zero-order valence-electron chi connectivity index (χ0n) is 10.7. The Balaban J connectivity index is 2.71. The van der Waals surface area contributed by atoms with Crippen LogP contribution < -0.4 is 10.9 Å². The molecular weight excluding hydrogens is 266 g/mol. The van der Waals surface area contributed by atoms with Gasteiger partial charge in [0.25, 0.3) is 5.56 Å². The minimum absolute atomic E-state index is 0.0838. The molecule has 0 saturated carbocycles. The summed E-state index contributed by atoms with van der Waals surface area (Å²) in [7, 11) is 1.52. The third-order valence-corrected chi connectivity index (χ3v) is 3.02. The topological polar surface area (TPSA) is 64.0 Å². The Morgan fingerprint density at radius 3 is 2.79 bits per heavy atom. The maximum Gasteiger partial charge on any atom is 0.261 e. The Bertz CT molecular complexity index is 679. The summed E-state index contributed by atoms with van der Waals surface area (Å²) in [6.45, 7) is 1.64. The van der Waals surface area contributed by atoms with Crippen molar-refractivity contribution in [3.63, 3.8) is 0 Å². The second-order valence-electron chi connectivity index (χ2n) is 4.17. The highest BCUT2D eigenvalue weighted by Crippen LogP contribution is 2.18. The van der Waals surface area contributed by atoms with Crippen molar-refractivity contribution >= 4 is 28.4 Å². The Hall–Kier alpha value is -1.88. The summed E-state index contributed by atoms with van der Waals surface area (Å²) in [5, 5.41) is 2.51. The van der Waals surface area contributed by atoms with E-state index in [1.807, 2.05) is 0 Å². The lowest BCUT2D eigenvalue weighted by Gasteiger charge is -2.14. The summed E-state index contributed by atoms with van der Waals surface area (Å²) >= 11 is 6.05. The Morgan fingerprint density at radius 2 is 2.16 bits per heavy atom. The van der Waals surface area contributed by atoms with Gasteiger partial charge >= 0.3 is 0 Å². The van der Waals surface area contributed by atoms with Gasteiger partial charge in [0, 0.05) is 7.05 Å². The van der Waals surface area contributed by atoms with Gasteiger partial charge in [-0.2, -0.15) is 0 Å². The van der Waals surface area contributed by atoms with Crippen LogP contribution in [0.15, 0.2) is 29.1 Å². The molecule has 1 aromatic heterocycles. The van der Waals surface area contributed by atoms with Crippen LogP contribution in [0.5, 0.6) is 0 Å². The number of rotatable bonds is 3. The lowest BCUT2D eigenvalue weighted by molar-refractivity contribution is -0.121. The molecule has 6 heteroatoms. The van der Waals surface area contributed by atoms with Gasteiger partial charge in [-0.15, -0.1) is 11.6 Å². The molecule has 0 aliphatic carbocycles.